The van der Waals surface area contributed by atoms with Crippen molar-refractivity contribution in [2.24, 2.45) is 0 Å². The Balaban J connectivity index is 2.19. The second kappa shape index (κ2) is 6.74. The molecule has 0 bridgehead atoms. The van der Waals surface area contributed by atoms with Gasteiger partial charge in [-0.05, 0) is 0 Å². The Bertz CT molecular complexity index is 15.1. The summed E-state index contributed by atoms with van der Waals surface area (Å²) < 4.78 is 8.35. The first kappa shape index (κ1) is 7.74. The summed E-state index contributed by atoms with van der Waals surface area (Å²) in [4.78, 5) is 0. The quantitative estimate of drug-likeness (QED) is 0.615. The minimum absolute atomic E-state index is 0.815. The fourth-order valence-electron chi connectivity index (χ4n) is 0.00454. The van der Waals surface area contributed by atoms with E-state index in [1.807, 2.05) is 0 Å². The van der Waals surface area contributed by atoms with Crippen LogP contribution in [0.4, 0.5) is 0 Å². The summed E-state index contributed by atoms with van der Waals surface area (Å²) in [7, 11) is 0. The molecule has 5 heavy (non-hydrogen) atoms. The zero-order valence-electron chi connectivity index (χ0n) is 1.74. The molecule has 0 aliphatic heterocycles. The standard InChI is InChI=1S/2Lu.H2O2S/c;;1-3-2/h;;1-2H/q2*+1;/p-2. The molecule has 0 rings (SSSR count). The van der Waals surface area contributed by atoms with Crippen LogP contribution in [0.1, 0.15) is 0 Å². The van der Waals surface area contributed by atoms with Crippen LogP contribution in [0.25, 0.3) is 0 Å². The van der Waals surface area contributed by atoms with Crippen molar-refractivity contribution >= 4 is 12.3 Å². The SMILES string of the molecule is [Lu][O]S[O][Lu]. The maximum absolute atomic E-state index is 4.18. The van der Waals surface area contributed by atoms with E-state index in [1.165, 1.54) is 0 Å². The van der Waals surface area contributed by atoms with Gasteiger partial charge in [-0.15, -0.1) is 0 Å². The van der Waals surface area contributed by atoms with Gasteiger partial charge in [-0.2, -0.15) is 0 Å². The first-order chi connectivity index (χ1) is 2.41. The van der Waals surface area contributed by atoms with Gasteiger partial charge in [0.05, 0.1) is 0 Å². The molecule has 0 heterocycles. The molecular weight excluding hydrogens is 414 g/mol. The first-order valence-electron chi connectivity index (χ1n) is 0.544. The molecule has 5 heteroatoms. The summed E-state index contributed by atoms with van der Waals surface area (Å²) >= 11 is 5.81. The van der Waals surface area contributed by atoms with Crippen LogP contribution in [-0.2, 0) is 1.99 Å². The summed E-state index contributed by atoms with van der Waals surface area (Å²) in [5.41, 5.74) is 0. The molecule has 0 fully saturated rings. The Hall–Kier alpha value is 2.74. The van der Waals surface area contributed by atoms with E-state index in [0.717, 1.165) is 12.3 Å². The summed E-state index contributed by atoms with van der Waals surface area (Å²) in [6, 6.07) is 0. The fraction of sp³-hybridized carbons (Fsp3) is 0. The molecular formula is Lu2O2S. The van der Waals surface area contributed by atoms with Gasteiger partial charge < -0.3 is 0 Å². The monoisotopic (exact) mass is 414 g/mol. The topological polar surface area (TPSA) is 18.5 Å². The number of rotatable bonds is 2. The third kappa shape index (κ3) is 6.74. The van der Waals surface area contributed by atoms with Gasteiger partial charge >= 0.3 is 85.3 Å². The van der Waals surface area contributed by atoms with Crippen LogP contribution in [-0.4, -0.2) is 0 Å². The Labute approximate surface area is 83.3 Å². The Morgan fingerprint density at radius 3 is 1.60 bits per heavy atom. The summed E-state index contributed by atoms with van der Waals surface area (Å²) in [5, 5.41) is 0. The molecule has 0 aromatic rings. The van der Waals surface area contributed by atoms with E-state index in [0.29, 0.717) is 0 Å². The van der Waals surface area contributed by atoms with Gasteiger partial charge in [0.15, 0.2) is 0 Å². The minimum atomic E-state index is 0.815. The van der Waals surface area contributed by atoms with Crippen LogP contribution >= 0.6 is 12.3 Å². The first-order valence-corrected chi connectivity index (χ1v) is 2.56. The molecule has 2 nitrogen and oxygen atoms in total. The molecule has 0 aliphatic rings. The molecule has 0 aliphatic carbocycles. The van der Waals surface area contributed by atoms with Crippen molar-refractivity contribution in [3.8, 4) is 0 Å². The van der Waals surface area contributed by atoms with Crippen LogP contribution in [0, 0.1) is 71.0 Å². The number of hydrogen-bond acceptors (Lipinski definition) is 3. The van der Waals surface area contributed by atoms with Crippen molar-refractivity contribution in [3.63, 3.8) is 0 Å². The molecule has 0 aromatic heterocycles. The van der Waals surface area contributed by atoms with Crippen LogP contribution in [0.3, 0.4) is 0 Å². The Kier molecular flexibility index (Phi) is 10.4. The van der Waals surface area contributed by atoms with E-state index >= 15 is 0 Å². The Morgan fingerprint density at radius 1 is 1.20 bits per heavy atom. The van der Waals surface area contributed by atoms with E-state index in [9.17, 15) is 0 Å². The van der Waals surface area contributed by atoms with Crippen molar-refractivity contribution in [2.45, 2.75) is 0 Å². The van der Waals surface area contributed by atoms with Crippen LogP contribution in [0.2, 0.25) is 0 Å². The molecule has 48 valence electrons. The van der Waals surface area contributed by atoms with Crippen molar-refractivity contribution in [3.05, 3.63) is 0 Å². The Morgan fingerprint density at radius 2 is 1.60 bits per heavy atom. The van der Waals surface area contributed by atoms with E-state index in [1.54, 1.807) is 0 Å². The molecule has 0 saturated heterocycles. The van der Waals surface area contributed by atoms with E-state index < -0.39 is 0 Å². The van der Waals surface area contributed by atoms with Crippen LogP contribution < -0.4 is 0 Å². The van der Waals surface area contributed by atoms with Gasteiger partial charge in [0.25, 0.3) is 0 Å². The molecule has 0 atom stereocenters. The third-order valence-corrected chi connectivity index (χ3v) is 0.782. The average molecular weight is 414 g/mol. The molecule has 0 aromatic carbocycles. The normalized spacial score (nSPS) is 8.80. The van der Waals surface area contributed by atoms with E-state index in [2.05, 4.69) is 73.0 Å². The van der Waals surface area contributed by atoms with Crippen LogP contribution in [0.15, 0.2) is 0 Å². The van der Waals surface area contributed by atoms with E-state index in [4.69, 9.17) is 0 Å². The summed E-state index contributed by atoms with van der Waals surface area (Å²) in [6.07, 6.45) is 0. The van der Waals surface area contributed by atoms with Crippen LogP contribution in [0.5, 0.6) is 0 Å². The number of hydrogen-bond donors (Lipinski definition) is 0. The van der Waals surface area contributed by atoms with Gasteiger partial charge in [-0.3, -0.25) is 0 Å². The molecule has 0 spiro atoms. The average Bonchev–Trinajstić information content (AvgIpc) is 1.41. The van der Waals surface area contributed by atoms with Gasteiger partial charge in [-0.25, -0.2) is 0 Å². The predicted molar refractivity (Wildman–Crippen MR) is 9.76 cm³/mol. The third-order valence-electron chi connectivity index (χ3n) is 0.0351. The second-order valence-electron chi connectivity index (χ2n) is 0.154. The van der Waals surface area contributed by atoms with Crippen molar-refractivity contribution in [1.82, 2.24) is 0 Å². The summed E-state index contributed by atoms with van der Waals surface area (Å²) in [5.74, 6) is 0. The molecule has 0 saturated carbocycles. The molecule has 0 amide bonds. The maximum atomic E-state index is 4.18. The van der Waals surface area contributed by atoms with Gasteiger partial charge in [0, 0.05) is 0 Å². The van der Waals surface area contributed by atoms with Gasteiger partial charge in [-0.1, -0.05) is 0 Å². The second-order valence-corrected chi connectivity index (χ2v) is 2.12. The van der Waals surface area contributed by atoms with Crippen molar-refractivity contribution in [1.29, 1.82) is 0 Å². The van der Waals surface area contributed by atoms with Crippen molar-refractivity contribution in [2.75, 3.05) is 0 Å². The van der Waals surface area contributed by atoms with Gasteiger partial charge in [0.1, 0.15) is 0 Å². The zero-order valence-corrected chi connectivity index (χ0v) is 5.87. The summed E-state index contributed by atoms with van der Waals surface area (Å²) in [6.45, 7) is 0. The fourth-order valence-corrected chi connectivity index (χ4v) is 0.748. The van der Waals surface area contributed by atoms with Crippen molar-refractivity contribution < 1.29 is 73.0 Å². The molecule has 0 radical (unpaired) electrons. The predicted octanol–water partition coefficient (Wildman–Crippen LogP) is 0.511. The van der Waals surface area contributed by atoms with Gasteiger partial charge in [0.2, 0.25) is 0 Å². The van der Waals surface area contributed by atoms with E-state index in [-0.39, 0.29) is 0 Å². The molecule has 0 unspecified atom stereocenters. The zero-order chi connectivity index (χ0) is 4.12. The molecule has 0 N–H and O–H groups in total.